The largest absolute Gasteiger partial charge is 0.396 e. The summed E-state index contributed by atoms with van der Waals surface area (Å²) in [7, 11) is 0. The number of hydrogen-bond donors (Lipinski definition) is 1. The smallest absolute Gasteiger partial charge is 0.253 e. The Bertz CT molecular complexity index is 1650. The van der Waals surface area contributed by atoms with Crippen molar-refractivity contribution in [1.29, 1.82) is 0 Å². The number of likely N-dealkylation sites (tertiary alicyclic amines) is 1. The van der Waals surface area contributed by atoms with Gasteiger partial charge in [-0.25, -0.2) is 0 Å². The molecule has 0 aliphatic carbocycles. The van der Waals surface area contributed by atoms with E-state index in [0.29, 0.717) is 26.1 Å². The number of carbonyl (C=O) groups excluding carboxylic acids is 3. The average molecular weight is 578 g/mol. The van der Waals surface area contributed by atoms with Crippen LogP contribution in [0.1, 0.15) is 18.9 Å². The van der Waals surface area contributed by atoms with Crippen LogP contribution in [0.5, 0.6) is 0 Å². The van der Waals surface area contributed by atoms with Crippen LogP contribution in [0.4, 0.5) is 5.69 Å². The molecule has 0 radical (unpaired) electrons. The summed E-state index contributed by atoms with van der Waals surface area (Å²) in [6, 6.07) is 22.7. The zero-order chi connectivity index (χ0) is 29.8. The molecule has 4 aliphatic rings. The second kappa shape index (κ2) is 10.5. The molecule has 43 heavy (non-hydrogen) atoms. The van der Waals surface area contributed by atoms with Crippen LogP contribution < -0.4 is 4.90 Å². The van der Waals surface area contributed by atoms with E-state index in [0.717, 1.165) is 22.0 Å². The number of aliphatic hydroxyl groups is 1. The highest BCUT2D eigenvalue weighted by Crippen LogP contribution is 2.57. The number of carbonyl (C=O) groups is 3. The fraction of sp³-hybridized carbons (Fsp3) is 0.343. The van der Waals surface area contributed by atoms with Gasteiger partial charge in [-0.1, -0.05) is 85.0 Å². The molecule has 2 fully saturated rings. The molecule has 0 bridgehead atoms. The van der Waals surface area contributed by atoms with Crippen LogP contribution in [-0.2, 0) is 25.7 Å². The van der Waals surface area contributed by atoms with Gasteiger partial charge < -0.3 is 24.5 Å². The van der Waals surface area contributed by atoms with Gasteiger partial charge in [-0.3, -0.25) is 14.4 Å². The minimum atomic E-state index is -1.33. The maximum absolute atomic E-state index is 14.6. The SMILES string of the molecule is C[C@@]12C=CCN(Cc3ccccc3)C(=O)[C@@H]1[C@H]1C(=O)N(CCCO)C3C(=O)N(c4ccc5ccccc5c4)CC=C[C@@]31O2. The third-order valence-electron chi connectivity index (χ3n) is 9.46. The first-order valence-electron chi connectivity index (χ1n) is 15.0. The summed E-state index contributed by atoms with van der Waals surface area (Å²) in [6.07, 6.45) is 7.91. The van der Waals surface area contributed by atoms with E-state index in [9.17, 15) is 19.5 Å². The van der Waals surface area contributed by atoms with Gasteiger partial charge in [-0.2, -0.15) is 0 Å². The quantitative estimate of drug-likeness (QED) is 0.452. The molecule has 4 aliphatic heterocycles. The Kier molecular flexibility index (Phi) is 6.71. The van der Waals surface area contributed by atoms with Crippen LogP contribution in [0.2, 0.25) is 0 Å². The summed E-state index contributed by atoms with van der Waals surface area (Å²) in [5.74, 6) is -2.40. The van der Waals surface area contributed by atoms with Gasteiger partial charge in [0.25, 0.3) is 5.91 Å². The van der Waals surface area contributed by atoms with E-state index in [4.69, 9.17) is 4.74 Å². The van der Waals surface area contributed by atoms with E-state index in [2.05, 4.69) is 0 Å². The maximum atomic E-state index is 14.6. The van der Waals surface area contributed by atoms with Crippen molar-refractivity contribution in [3.05, 3.63) is 103 Å². The standard InChI is InChI=1S/C35H35N3O5/c1-34-16-7-18-36(23-24-10-3-2-4-11-24)31(40)28(34)29-32(41)38(20-9-21-39)30-33(42)37(19-8-17-35(29,30)43-34)27-15-14-25-12-5-6-13-26(25)22-27/h2-8,10-17,22,28-30,39H,9,18-21,23H2,1H3/t28-,29-,30?,34+,35-/m0/s1. The summed E-state index contributed by atoms with van der Waals surface area (Å²) in [6.45, 7) is 3.04. The molecule has 7 rings (SSSR count). The van der Waals surface area contributed by atoms with Crippen molar-refractivity contribution >= 4 is 34.2 Å². The molecule has 1 N–H and O–H groups in total. The van der Waals surface area contributed by atoms with Crippen molar-refractivity contribution in [2.24, 2.45) is 11.8 Å². The van der Waals surface area contributed by atoms with Crippen LogP contribution in [0, 0.1) is 11.8 Å². The van der Waals surface area contributed by atoms with Crippen molar-refractivity contribution in [3.8, 4) is 0 Å². The number of nitrogens with zero attached hydrogens (tertiary/aromatic N) is 3. The van der Waals surface area contributed by atoms with Crippen molar-refractivity contribution in [3.63, 3.8) is 0 Å². The van der Waals surface area contributed by atoms with Crippen molar-refractivity contribution in [2.45, 2.75) is 37.1 Å². The monoisotopic (exact) mass is 577 g/mol. The zero-order valence-electron chi connectivity index (χ0n) is 24.1. The second-order valence-electron chi connectivity index (χ2n) is 12.1. The van der Waals surface area contributed by atoms with Gasteiger partial charge in [0.05, 0.1) is 17.4 Å². The molecule has 1 unspecified atom stereocenters. The van der Waals surface area contributed by atoms with E-state index >= 15 is 0 Å². The predicted octanol–water partition coefficient (Wildman–Crippen LogP) is 3.69. The summed E-state index contributed by atoms with van der Waals surface area (Å²) in [5, 5.41) is 11.8. The van der Waals surface area contributed by atoms with E-state index in [1.807, 2.05) is 104 Å². The predicted molar refractivity (Wildman–Crippen MR) is 163 cm³/mol. The van der Waals surface area contributed by atoms with Gasteiger partial charge in [0.2, 0.25) is 11.8 Å². The molecule has 220 valence electrons. The lowest BCUT2D eigenvalue weighted by molar-refractivity contribution is -0.149. The average Bonchev–Trinajstić information content (AvgIpc) is 3.28. The molecular formula is C35H35N3O5. The summed E-state index contributed by atoms with van der Waals surface area (Å²) in [4.78, 5) is 48.4. The zero-order valence-corrected chi connectivity index (χ0v) is 24.1. The first-order valence-corrected chi connectivity index (χ1v) is 15.0. The van der Waals surface area contributed by atoms with Crippen molar-refractivity contribution in [1.82, 2.24) is 9.80 Å². The number of amides is 3. The second-order valence-corrected chi connectivity index (χ2v) is 12.1. The van der Waals surface area contributed by atoms with E-state index in [1.165, 1.54) is 0 Å². The van der Waals surface area contributed by atoms with Gasteiger partial charge in [0.1, 0.15) is 11.6 Å². The van der Waals surface area contributed by atoms with Gasteiger partial charge >= 0.3 is 0 Å². The Morgan fingerprint density at radius 2 is 1.58 bits per heavy atom. The summed E-state index contributed by atoms with van der Waals surface area (Å²) in [5.41, 5.74) is -0.679. The number of anilines is 1. The Morgan fingerprint density at radius 1 is 0.837 bits per heavy atom. The molecule has 2 saturated heterocycles. The van der Waals surface area contributed by atoms with Crippen LogP contribution in [0.25, 0.3) is 10.8 Å². The highest BCUT2D eigenvalue weighted by atomic mass is 16.5. The molecule has 3 aromatic rings. The third kappa shape index (κ3) is 4.31. The first kappa shape index (κ1) is 27.6. The van der Waals surface area contributed by atoms with Crippen LogP contribution in [0.3, 0.4) is 0 Å². The lowest BCUT2D eigenvalue weighted by atomic mass is 9.74. The molecule has 1 spiro atoms. The molecule has 5 atom stereocenters. The molecular weight excluding hydrogens is 542 g/mol. The van der Waals surface area contributed by atoms with Crippen LogP contribution >= 0.6 is 0 Å². The van der Waals surface area contributed by atoms with Gasteiger partial charge in [0, 0.05) is 38.5 Å². The van der Waals surface area contributed by atoms with E-state index in [1.54, 1.807) is 14.7 Å². The number of ether oxygens (including phenoxy) is 1. The number of aliphatic hydroxyl groups excluding tert-OH is 1. The van der Waals surface area contributed by atoms with Crippen molar-refractivity contribution < 1.29 is 24.2 Å². The van der Waals surface area contributed by atoms with E-state index in [-0.39, 0.29) is 30.9 Å². The normalized spacial score (nSPS) is 30.0. The first-order chi connectivity index (χ1) is 20.9. The Balaban J connectivity index is 1.30. The topological polar surface area (TPSA) is 90.4 Å². The Hall–Kier alpha value is -4.27. The Morgan fingerprint density at radius 3 is 2.37 bits per heavy atom. The van der Waals surface area contributed by atoms with E-state index < -0.39 is 29.1 Å². The molecule has 3 amide bonds. The van der Waals surface area contributed by atoms with Crippen LogP contribution in [0.15, 0.2) is 97.1 Å². The molecule has 0 saturated carbocycles. The highest BCUT2D eigenvalue weighted by Gasteiger charge is 2.74. The fourth-order valence-electron chi connectivity index (χ4n) is 7.58. The lowest BCUT2D eigenvalue weighted by Crippen LogP contribution is -2.56. The maximum Gasteiger partial charge on any atom is 0.253 e. The molecule has 8 nitrogen and oxygen atoms in total. The van der Waals surface area contributed by atoms with Gasteiger partial charge in [0.15, 0.2) is 0 Å². The number of rotatable bonds is 6. The third-order valence-corrected chi connectivity index (χ3v) is 9.46. The molecule has 4 heterocycles. The Labute approximate surface area is 250 Å². The fourth-order valence-corrected chi connectivity index (χ4v) is 7.58. The summed E-state index contributed by atoms with van der Waals surface area (Å²) < 4.78 is 6.91. The van der Waals surface area contributed by atoms with Gasteiger partial charge in [-0.15, -0.1) is 0 Å². The van der Waals surface area contributed by atoms with Gasteiger partial charge in [-0.05, 0) is 41.8 Å². The minimum Gasteiger partial charge on any atom is -0.396 e. The van der Waals surface area contributed by atoms with Crippen LogP contribution in [-0.4, -0.2) is 76.1 Å². The molecule has 3 aromatic carbocycles. The number of benzene rings is 3. The van der Waals surface area contributed by atoms with Crippen molar-refractivity contribution in [2.75, 3.05) is 31.1 Å². The molecule has 0 aromatic heterocycles. The lowest BCUT2D eigenvalue weighted by Gasteiger charge is -2.37. The summed E-state index contributed by atoms with van der Waals surface area (Å²) >= 11 is 0. The molecule has 8 heteroatoms. The number of hydrogen-bond acceptors (Lipinski definition) is 5. The minimum absolute atomic E-state index is 0.124. The number of fused-ring (bicyclic) bond motifs is 3. The highest BCUT2D eigenvalue weighted by molar-refractivity contribution is 6.06.